The van der Waals surface area contributed by atoms with E-state index in [-0.39, 0.29) is 11.8 Å². The van der Waals surface area contributed by atoms with Gasteiger partial charge in [0.25, 0.3) is 0 Å². The Morgan fingerprint density at radius 3 is 2.73 bits per heavy atom. The minimum absolute atomic E-state index is 0.100. The maximum absolute atomic E-state index is 13.3. The normalized spacial score (nSPS) is 15.1. The van der Waals surface area contributed by atoms with Gasteiger partial charge in [0.2, 0.25) is 23.2 Å². The van der Waals surface area contributed by atoms with E-state index in [0.29, 0.717) is 50.6 Å². The molecule has 1 atom stereocenters. The Labute approximate surface area is 188 Å². The molecule has 0 aliphatic carbocycles. The highest BCUT2D eigenvalue weighted by molar-refractivity contribution is 7.98. The Hall–Kier alpha value is -2.35. The number of carbonyl (C=O) groups is 1. The number of carbonyl (C=O) groups excluding carboxylic acids is 1. The summed E-state index contributed by atoms with van der Waals surface area (Å²) in [5, 5.41) is 9.67. The molecule has 0 spiro atoms. The zero-order valence-corrected chi connectivity index (χ0v) is 18.6. The maximum atomic E-state index is 13.3. The van der Waals surface area contributed by atoms with Crippen molar-refractivity contribution in [2.75, 3.05) is 11.2 Å². The van der Waals surface area contributed by atoms with Gasteiger partial charge in [0.1, 0.15) is 0 Å². The number of benzene rings is 2. The van der Waals surface area contributed by atoms with Gasteiger partial charge in [-0.05, 0) is 24.8 Å². The predicted octanol–water partition coefficient (Wildman–Crippen LogP) is 5.79. The molecule has 154 valence electrons. The first kappa shape index (κ1) is 20.9. The molecule has 0 fully saturated rings. The van der Waals surface area contributed by atoms with E-state index in [1.165, 1.54) is 11.8 Å². The first-order valence-corrected chi connectivity index (χ1v) is 11.3. The number of hydrogen-bond donors (Lipinski definition) is 0. The molecule has 4 rings (SSSR count). The van der Waals surface area contributed by atoms with Gasteiger partial charge in [-0.2, -0.15) is 4.98 Å². The largest absolute Gasteiger partial charge is 0.447 e. The highest BCUT2D eigenvalue weighted by Crippen LogP contribution is 2.45. The monoisotopic (exact) mass is 460 g/mol. The molecule has 6 nitrogen and oxygen atoms in total. The van der Waals surface area contributed by atoms with Crippen molar-refractivity contribution in [3.05, 3.63) is 58.1 Å². The Morgan fingerprint density at radius 1 is 1.17 bits per heavy atom. The van der Waals surface area contributed by atoms with Crippen molar-refractivity contribution in [2.24, 2.45) is 0 Å². The lowest BCUT2D eigenvalue weighted by molar-refractivity contribution is -0.120. The molecule has 0 saturated heterocycles. The van der Waals surface area contributed by atoms with Crippen LogP contribution in [-0.2, 0) is 4.79 Å². The smallest absolute Gasteiger partial charge is 0.247 e. The van der Waals surface area contributed by atoms with E-state index in [4.69, 9.17) is 27.9 Å². The standard InChI is InChI=1S/C21H18Cl2N4O2S/c1-3-7-16(28)27-15-11-5-4-8-12(15)18-19(24-21(30-2)26-25-18)29-20(27)13-9-6-10-14(22)17(13)23/h4-6,8-11,20H,3,7H2,1-2H3/t20-/m0/s1. The third-order valence-electron chi connectivity index (χ3n) is 4.67. The van der Waals surface area contributed by atoms with Crippen LogP contribution in [0.2, 0.25) is 10.0 Å². The van der Waals surface area contributed by atoms with Crippen LogP contribution < -0.4 is 9.64 Å². The topological polar surface area (TPSA) is 68.2 Å². The zero-order valence-electron chi connectivity index (χ0n) is 16.3. The lowest BCUT2D eigenvalue weighted by Gasteiger charge is -2.31. The van der Waals surface area contributed by atoms with E-state index in [0.717, 1.165) is 0 Å². The van der Waals surface area contributed by atoms with Crippen LogP contribution in [0.1, 0.15) is 31.6 Å². The minimum atomic E-state index is -0.857. The summed E-state index contributed by atoms with van der Waals surface area (Å²) in [5.74, 6) is 0.187. The third-order valence-corrected chi connectivity index (χ3v) is 6.05. The predicted molar refractivity (Wildman–Crippen MR) is 119 cm³/mol. The zero-order chi connectivity index (χ0) is 21.3. The summed E-state index contributed by atoms with van der Waals surface area (Å²) < 4.78 is 6.32. The van der Waals surface area contributed by atoms with Gasteiger partial charge in [-0.3, -0.25) is 9.69 Å². The number of para-hydroxylation sites is 1. The van der Waals surface area contributed by atoms with Gasteiger partial charge in [-0.1, -0.05) is 72.2 Å². The van der Waals surface area contributed by atoms with Crippen LogP contribution in [0.3, 0.4) is 0 Å². The minimum Gasteiger partial charge on any atom is -0.447 e. The average molecular weight is 461 g/mol. The second-order valence-corrected chi connectivity index (χ2v) is 8.15. The van der Waals surface area contributed by atoms with Crippen LogP contribution in [0, 0.1) is 0 Å². The molecule has 1 aliphatic heterocycles. The van der Waals surface area contributed by atoms with E-state index in [2.05, 4.69) is 15.2 Å². The molecule has 0 bridgehead atoms. The molecule has 1 aromatic heterocycles. The molecule has 30 heavy (non-hydrogen) atoms. The van der Waals surface area contributed by atoms with Gasteiger partial charge in [0, 0.05) is 17.5 Å². The summed E-state index contributed by atoms with van der Waals surface area (Å²) in [6.45, 7) is 1.95. The van der Waals surface area contributed by atoms with Gasteiger partial charge in [0.15, 0.2) is 5.69 Å². The Kier molecular flexibility index (Phi) is 6.13. The summed E-state index contributed by atoms with van der Waals surface area (Å²) in [7, 11) is 0. The first-order valence-electron chi connectivity index (χ1n) is 9.35. The second-order valence-electron chi connectivity index (χ2n) is 6.60. The SMILES string of the molecule is CCCC(=O)N1c2ccccc2-c2nnc(SC)nc2O[C@H]1c1cccc(Cl)c1Cl. The molecule has 1 amide bonds. The second kappa shape index (κ2) is 8.79. The summed E-state index contributed by atoms with van der Waals surface area (Å²) >= 11 is 14.2. The van der Waals surface area contributed by atoms with Crippen LogP contribution >= 0.6 is 35.0 Å². The molecule has 0 saturated carbocycles. The number of halogens is 2. The fraction of sp³-hybridized carbons (Fsp3) is 0.238. The molecule has 3 aromatic rings. The van der Waals surface area contributed by atoms with E-state index >= 15 is 0 Å². The van der Waals surface area contributed by atoms with Crippen molar-refractivity contribution in [1.82, 2.24) is 15.2 Å². The lowest BCUT2D eigenvalue weighted by Crippen LogP contribution is -2.37. The highest BCUT2D eigenvalue weighted by atomic mass is 35.5. The fourth-order valence-corrected chi connectivity index (χ4v) is 4.02. The number of rotatable bonds is 4. The van der Waals surface area contributed by atoms with Crippen LogP contribution in [0.4, 0.5) is 5.69 Å². The molecular formula is C21H18Cl2N4O2S. The number of fused-ring (bicyclic) bond motifs is 3. The number of anilines is 1. The first-order chi connectivity index (χ1) is 14.5. The van der Waals surface area contributed by atoms with Gasteiger partial charge in [0.05, 0.1) is 15.7 Å². The van der Waals surface area contributed by atoms with Crippen molar-refractivity contribution < 1.29 is 9.53 Å². The number of thioether (sulfide) groups is 1. The van der Waals surface area contributed by atoms with Crippen LogP contribution in [0.25, 0.3) is 11.3 Å². The van der Waals surface area contributed by atoms with E-state index in [1.54, 1.807) is 23.1 Å². The molecule has 9 heteroatoms. The average Bonchev–Trinajstić information content (AvgIpc) is 2.90. The summed E-state index contributed by atoms with van der Waals surface area (Å²) in [6.07, 6.45) is 2.03. The van der Waals surface area contributed by atoms with Gasteiger partial charge in [-0.15, -0.1) is 10.2 Å². The van der Waals surface area contributed by atoms with Gasteiger partial charge < -0.3 is 4.74 Å². The van der Waals surface area contributed by atoms with E-state index < -0.39 is 6.23 Å². The van der Waals surface area contributed by atoms with Crippen LogP contribution in [-0.4, -0.2) is 27.3 Å². The van der Waals surface area contributed by atoms with E-state index in [1.807, 2.05) is 37.4 Å². The Bertz CT molecular complexity index is 1110. The van der Waals surface area contributed by atoms with Gasteiger partial charge in [-0.25, -0.2) is 0 Å². The Balaban J connectivity index is 1.99. The van der Waals surface area contributed by atoms with Crippen LogP contribution in [0.5, 0.6) is 5.88 Å². The number of aromatic nitrogens is 3. The molecule has 0 radical (unpaired) electrons. The number of amides is 1. The quantitative estimate of drug-likeness (QED) is 0.458. The van der Waals surface area contributed by atoms with Crippen molar-refractivity contribution in [3.63, 3.8) is 0 Å². The molecular weight excluding hydrogens is 443 g/mol. The van der Waals surface area contributed by atoms with Crippen molar-refractivity contribution >= 4 is 46.6 Å². The fourth-order valence-electron chi connectivity index (χ4n) is 3.32. The van der Waals surface area contributed by atoms with Gasteiger partial charge >= 0.3 is 0 Å². The number of ether oxygens (including phenoxy) is 1. The van der Waals surface area contributed by atoms with Crippen LogP contribution in [0.15, 0.2) is 47.6 Å². The number of hydrogen-bond acceptors (Lipinski definition) is 6. The molecule has 0 N–H and O–H groups in total. The lowest BCUT2D eigenvalue weighted by atomic mass is 10.1. The van der Waals surface area contributed by atoms with Crippen molar-refractivity contribution in [3.8, 4) is 17.1 Å². The molecule has 1 aliphatic rings. The molecule has 0 unspecified atom stereocenters. The van der Waals surface area contributed by atoms with Crippen molar-refractivity contribution in [2.45, 2.75) is 31.1 Å². The molecule has 2 aromatic carbocycles. The highest BCUT2D eigenvalue weighted by Gasteiger charge is 2.36. The van der Waals surface area contributed by atoms with E-state index in [9.17, 15) is 4.79 Å². The Morgan fingerprint density at radius 2 is 1.97 bits per heavy atom. The summed E-state index contributed by atoms with van der Waals surface area (Å²) in [5.41, 5.74) is 2.41. The van der Waals surface area contributed by atoms with Crippen molar-refractivity contribution in [1.29, 1.82) is 0 Å². The third kappa shape index (κ3) is 3.73. The molecule has 2 heterocycles. The summed E-state index contributed by atoms with van der Waals surface area (Å²) in [6, 6.07) is 12.7. The number of nitrogens with zero attached hydrogens (tertiary/aromatic N) is 4. The summed E-state index contributed by atoms with van der Waals surface area (Å²) in [4.78, 5) is 19.4. The maximum Gasteiger partial charge on any atom is 0.247 e.